The molecule has 0 aliphatic heterocycles. The fourth-order valence-electron chi connectivity index (χ4n) is 0.808. The molecule has 4 N–H and O–H groups in total. The van der Waals surface area contributed by atoms with Crippen LogP contribution < -0.4 is 5.32 Å². The molecule has 13 heavy (non-hydrogen) atoms. The molecule has 0 aromatic heterocycles. The van der Waals surface area contributed by atoms with E-state index >= 15 is 0 Å². The van der Waals surface area contributed by atoms with E-state index < -0.39 is 11.2 Å². The Labute approximate surface area is 79.6 Å². The smallest absolute Gasteiger partial charge is 0.0972 e. The van der Waals surface area contributed by atoms with Crippen molar-refractivity contribution in [3.8, 4) is 0 Å². The van der Waals surface area contributed by atoms with Crippen LogP contribution in [0.5, 0.6) is 0 Å². The SMILES string of the molecule is CC(C)(O)CCNCC(C)(O)CO. The summed E-state index contributed by atoms with van der Waals surface area (Å²) in [5.41, 5.74) is -1.75. The Morgan fingerprint density at radius 2 is 1.69 bits per heavy atom. The molecule has 0 rings (SSSR count). The van der Waals surface area contributed by atoms with Crippen LogP contribution in [0.2, 0.25) is 0 Å². The zero-order valence-electron chi connectivity index (χ0n) is 8.67. The molecule has 0 aliphatic carbocycles. The summed E-state index contributed by atoms with van der Waals surface area (Å²) in [6.07, 6.45) is 0.620. The molecule has 0 aromatic carbocycles. The van der Waals surface area contributed by atoms with Gasteiger partial charge in [0.25, 0.3) is 0 Å². The Morgan fingerprint density at radius 3 is 2.08 bits per heavy atom. The van der Waals surface area contributed by atoms with E-state index in [0.717, 1.165) is 0 Å². The molecule has 0 saturated heterocycles. The molecular formula is C9H21NO3. The third kappa shape index (κ3) is 8.18. The highest BCUT2D eigenvalue weighted by Crippen LogP contribution is 2.05. The van der Waals surface area contributed by atoms with Crippen molar-refractivity contribution in [2.24, 2.45) is 0 Å². The second kappa shape index (κ2) is 4.91. The molecule has 0 bridgehead atoms. The minimum Gasteiger partial charge on any atom is -0.393 e. The molecule has 1 unspecified atom stereocenters. The van der Waals surface area contributed by atoms with Crippen molar-refractivity contribution in [1.82, 2.24) is 5.32 Å². The van der Waals surface area contributed by atoms with E-state index in [2.05, 4.69) is 5.32 Å². The summed E-state index contributed by atoms with van der Waals surface area (Å²) in [4.78, 5) is 0. The Kier molecular flexibility index (Phi) is 4.85. The van der Waals surface area contributed by atoms with Gasteiger partial charge in [-0.1, -0.05) is 0 Å². The molecule has 4 nitrogen and oxygen atoms in total. The minimum absolute atomic E-state index is 0.261. The predicted octanol–water partition coefficient (Wildman–Crippen LogP) is -0.520. The lowest BCUT2D eigenvalue weighted by atomic mass is 10.1. The largest absolute Gasteiger partial charge is 0.393 e. The van der Waals surface area contributed by atoms with Crippen LogP contribution in [0, 0.1) is 0 Å². The molecular weight excluding hydrogens is 170 g/mol. The summed E-state index contributed by atoms with van der Waals surface area (Å²) in [6.45, 7) is 5.73. The maximum Gasteiger partial charge on any atom is 0.0972 e. The molecule has 0 fully saturated rings. The van der Waals surface area contributed by atoms with Gasteiger partial charge in [0, 0.05) is 6.54 Å². The first-order valence-electron chi connectivity index (χ1n) is 4.53. The topological polar surface area (TPSA) is 72.7 Å². The predicted molar refractivity (Wildman–Crippen MR) is 51.5 cm³/mol. The summed E-state index contributed by atoms with van der Waals surface area (Å²) in [6, 6.07) is 0. The Bertz CT molecular complexity index is 140. The number of rotatable bonds is 6. The van der Waals surface area contributed by atoms with Crippen LogP contribution in [-0.4, -0.2) is 46.2 Å². The molecule has 0 amide bonds. The number of aliphatic hydroxyl groups excluding tert-OH is 1. The lowest BCUT2D eigenvalue weighted by Crippen LogP contribution is -2.42. The average molecular weight is 191 g/mol. The number of aliphatic hydroxyl groups is 3. The zero-order chi connectivity index (χ0) is 10.5. The van der Waals surface area contributed by atoms with Gasteiger partial charge in [0.1, 0.15) is 0 Å². The highest BCUT2D eigenvalue weighted by molar-refractivity contribution is 4.75. The molecule has 0 heterocycles. The number of hydrogen-bond donors (Lipinski definition) is 4. The van der Waals surface area contributed by atoms with Crippen molar-refractivity contribution < 1.29 is 15.3 Å². The molecule has 1 atom stereocenters. The lowest BCUT2D eigenvalue weighted by Gasteiger charge is -2.22. The van der Waals surface area contributed by atoms with Crippen LogP contribution in [0.3, 0.4) is 0 Å². The third-order valence-corrected chi connectivity index (χ3v) is 1.76. The molecule has 0 aliphatic rings. The fraction of sp³-hybridized carbons (Fsp3) is 1.00. The van der Waals surface area contributed by atoms with E-state index in [1.54, 1.807) is 20.8 Å². The second-order valence-electron chi connectivity index (χ2n) is 4.39. The third-order valence-electron chi connectivity index (χ3n) is 1.76. The Hall–Kier alpha value is -0.160. The Morgan fingerprint density at radius 1 is 1.15 bits per heavy atom. The molecule has 80 valence electrons. The van der Waals surface area contributed by atoms with Gasteiger partial charge in [0.2, 0.25) is 0 Å². The Balaban J connectivity index is 3.47. The first kappa shape index (κ1) is 12.8. The highest BCUT2D eigenvalue weighted by atomic mass is 16.3. The molecule has 4 heteroatoms. The monoisotopic (exact) mass is 191 g/mol. The molecule has 0 saturated carbocycles. The fourth-order valence-corrected chi connectivity index (χ4v) is 0.808. The van der Waals surface area contributed by atoms with Gasteiger partial charge in [-0.05, 0) is 33.7 Å². The van der Waals surface area contributed by atoms with Crippen LogP contribution in [0.15, 0.2) is 0 Å². The standard InChI is InChI=1S/C9H21NO3/c1-8(2,12)4-5-10-6-9(3,13)7-11/h10-13H,4-7H2,1-3H3. The average Bonchev–Trinajstić information content (AvgIpc) is 1.97. The van der Waals surface area contributed by atoms with E-state index in [9.17, 15) is 10.2 Å². The van der Waals surface area contributed by atoms with Gasteiger partial charge < -0.3 is 20.6 Å². The number of hydrogen-bond acceptors (Lipinski definition) is 4. The van der Waals surface area contributed by atoms with Crippen LogP contribution in [-0.2, 0) is 0 Å². The minimum atomic E-state index is -1.07. The van der Waals surface area contributed by atoms with Gasteiger partial charge in [0.15, 0.2) is 0 Å². The molecule has 0 radical (unpaired) electrons. The van der Waals surface area contributed by atoms with Gasteiger partial charge in [-0.3, -0.25) is 0 Å². The molecule has 0 aromatic rings. The van der Waals surface area contributed by atoms with Gasteiger partial charge >= 0.3 is 0 Å². The quantitative estimate of drug-likeness (QED) is 0.426. The second-order valence-corrected chi connectivity index (χ2v) is 4.39. The highest BCUT2D eigenvalue weighted by Gasteiger charge is 2.18. The first-order valence-corrected chi connectivity index (χ1v) is 4.53. The van der Waals surface area contributed by atoms with Crippen molar-refractivity contribution >= 4 is 0 Å². The van der Waals surface area contributed by atoms with Crippen LogP contribution in [0.1, 0.15) is 27.2 Å². The summed E-state index contributed by atoms with van der Waals surface area (Å²) in [5.74, 6) is 0. The maximum atomic E-state index is 9.38. The normalized spacial score (nSPS) is 17.1. The lowest BCUT2D eigenvalue weighted by molar-refractivity contribution is 0.000948. The summed E-state index contributed by atoms with van der Waals surface area (Å²) in [7, 11) is 0. The van der Waals surface area contributed by atoms with Crippen molar-refractivity contribution in [2.45, 2.75) is 38.4 Å². The van der Waals surface area contributed by atoms with E-state index in [-0.39, 0.29) is 6.61 Å². The van der Waals surface area contributed by atoms with Crippen molar-refractivity contribution in [2.75, 3.05) is 19.7 Å². The van der Waals surface area contributed by atoms with Gasteiger partial charge in [0.05, 0.1) is 17.8 Å². The first-order chi connectivity index (χ1) is 5.77. The number of nitrogens with one attached hydrogen (secondary N) is 1. The zero-order valence-corrected chi connectivity index (χ0v) is 8.67. The summed E-state index contributed by atoms with van der Waals surface area (Å²) < 4.78 is 0. The van der Waals surface area contributed by atoms with Gasteiger partial charge in [-0.15, -0.1) is 0 Å². The van der Waals surface area contributed by atoms with Crippen LogP contribution in [0.4, 0.5) is 0 Å². The van der Waals surface area contributed by atoms with E-state index in [1.165, 1.54) is 0 Å². The van der Waals surface area contributed by atoms with Crippen molar-refractivity contribution in [3.05, 3.63) is 0 Å². The van der Waals surface area contributed by atoms with Crippen molar-refractivity contribution in [1.29, 1.82) is 0 Å². The van der Waals surface area contributed by atoms with E-state index in [1.807, 2.05) is 0 Å². The summed E-state index contributed by atoms with van der Waals surface area (Å²) >= 11 is 0. The van der Waals surface area contributed by atoms with Crippen molar-refractivity contribution in [3.63, 3.8) is 0 Å². The van der Waals surface area contributed by atoms with Crippen LogP contribution >= 0.6 is 0 Å². The molecule has 0 spiro atoms. The van der Waals surface area contributed by atoms with Gasteiger partial charge in [-0.25, -0.2) is 0 Å². The maximum absolute atomic E-state index is 9.38. The van der Waals surface area contributed by atoms with Crippen LogP contribution in [0.25, 0.3) is 0 Å². The summed E-state index contributed by atoms with van der Waals surface area (Å²) in [5, 5.41) is 30.4. The van der Waals surface area contributed by atoms with E-state index in [0.29, 0.717) is 19.5 Å². The van der Waals surface area contributed by atoms with Gasteiger partial charge in [-0.2, -0.15) is 0 Å². The van der Waals surface area contributed by atoms with E-state index in [4.69, 9.17) is 5.11 Å².